The molecule has 1 fully saturated rings. The van der Waals surface area contributed by atoms with Crippen molar-refractivity contribution in [3.63, 3.8) is 0 Å². The van der Waals surface area contributed by atoms with E-state index in [2.05, 4.69) is 6.92 Å². The predicted octanol–water partition coefficient (Wildman–Crippen LogP) is 7.25. The van der Waals surface area contributed by atoms with Crippen molar-refractivity contribution in [3.8, 4) is 5.75 Å². The molecule has 6 nitrogen and oxygen atoms in total. The fraction of sp³-hybridized carbons (Fsp3) is 0.167. The van der Waals surface area contributed by atoms with Crippen LogP contribution in [0.1, 0.15) is 40.8 Å². The number of aryl methyl sites for hydroxylation is 3. The summed E-state index contributed by atoms with van der Waals surface area (Å²) in [4.78, 5) is 28.9. The molecule has 6 rings (SSSR count). The van der Waals surface area contributed by atoms with Crippen LogP contribution in [0.25, 0.3) is 16.7 Å². The number of hydrogen-bond donors (Lipinski definition) is 1. The molecule has 6 heteroatoms. The number of rotatable bonds is 7. The number of anilines is 1. The molecule has 1 aliphatic heterocycles. The van der Waals surface area contributed by atoms with E-state index < -0.39 is 17.7 Å². The molecule has 1 amide bonds. The fourth-order valence-corrected chi connectivity index (χ4v) is 5.73. The molecule has 0 spiro atoms. The number of ketones is 1. The molecule has 2 heterocycles. The van der Waals surface area contributed by atoms with E-state index >= 15 is 0 Å². The average molecular weight is 557 g/mol. The Balaban J connectivity index is 1.46. The normalized spacial score (nSPS) is 16.4. The van der Waals surface area contributed by atoms with Crippen molar-refractivity contribution in [2.75, 3.05) is 4.90 Å². The standard InChI is InChI=1S/C36H32N2O4/c1-4-24-14-17-27(18-15-24)38-33(29-21-37(3)30-13-9-8-12-28(29)30)32(35(40)36(38)41)34(39)26-16-19-31(23(2)20-26)42-22-25-10-6-5-7-11-25/h5-21,33,39H,4,22H2,1-3H3/b34-32+. The highest BCUT2D eigenvalue weighted by Crippen LogP contribution is 2.45. The topological polar surface area (TPSA) is 71.8 Å². The molecule has 0 aliphatic carbocycles. The number of amides is 1. The summed E-state index contributed by atoms with van der Waals surface area (Å²) in [7, 11) is 1.94. The van der Waals surface area contributed by atoms with Gasteiger partial charge >= 0.3 is 0 Å². The fourth-order valence-electron chi connectivity index (χ4n) is 5.73. The Kier molecular flexibility index (Phi) is 7.13. The summed E-state index contributed by atoms with van der Waals surface area (Å²) >= 11 is 0. The molecule has 210 valence electrons. The van der Waals surface area contributed by atoms with Gasteiger partial charge in [0.15, 0.2) is 0 Å². The zero-order chi connectivity index (χ0) is 29.4. The van der Waals surface area contributed by atoms with E-state index in [0.29, 0.717) is 23.6 Å². The third-order valence-corrected chi connectivity index (χ3v) is 7.98. The molecule has 1 saturated heterocycles. The molecule has 1 atom stereocenters. The van der Waals surface area contributed by atoms with Gasteiger partial charge < -0.3 is 14.4 Å². The van der Waals surface area contributed by atoms with E-state index in [0.717, 1.165) is 39.6 Å². The molecule has 1 N–H and O–H groups in total. The molecule has 0 radical (unpaired) electrons. The molecular weight excluding hydrogens is 524 g/mol. The van der Waals surface area contributed by atoms with Crippen molar-refractivity contribution in [1.29, 1.82) is 0 Å². The Morgan fingerprint density at radius 1 is 0.881 bits per heavy atom. The van der Waals surface area contributed by atoms with Crippen molar-refractivity contribution in [1.82, 2.24) is 4.57 Å². The number of benzene rings is 4. The van der Waals surface area contributed by atoms with E-state index in [-0.39, 0.29) is 11.3 Å². The number of aliphatic hydroxyl groups excluding tert-OH is 1. The van der Waals surface area contributed by atoms with Crippen LogP contribution in [0.15, 0.2) is 109 Å². The quantitative estimate of drug-likeness (QED) is 0.130. The number of para-hydroxylation sites is 1. The third kappa shape index (κ3) is 4.75. The van der Waals surface area contributed by atoms with Gasteiger partial charge in [0.2, 0.25) is 0 Å². The maximum Gasteiger partial charge on any atom is 0.300 e. The molecule has 0 saturated carbocycles. The van der Waals surface area contributed by atoms with Crippen LogP contribution in [0.5, 0.6) is 5.75 Å². The van der Waals surface area contributed by atoms with Crippen LogP contribution in [0.4, 0.5) is 5.69 Å². The Labute approximate surface area is 245 Å². The number of aliphatic hydroxyl groups is 1. The molecule has 5 aromatic rings. The molecule has 4 aromatic carbocycles. The molecular formula is C36H32N2O4. The van der Waals surface area contributed by atoms with Gasteiger partial charge in [0.05, 0.1) is 11.6 Å². The Hall–Kier alpha value is -5.10. The number of nitrogens with zero attached hydrogens (tertiary/aromatic N) is 2. The minimum absolute atomic E-state index is 0.0632. The van der Waals surface area contributed by atoms with Gasteiger partial charge in [0.1, 0.15) is 18.1 Å². The summed E-state index contributed by atoms with van der Waals surface area (Å²) in [5, 5.41) is 12.6. The van der Waals surface area contributed by atoms with Crippen LogP contribution in [0, 0.1) is 6.92 Å². The highest BCUT2D eigenvalue weighted by Gasteiger charge is 2.47. The maximum absolute atomic E-state index is 13.7. The maximum atomic E-state index is 13.7. The summed E-state index contributed by atoms with van der Waals surface area (Å²) < 4.78 is 8.01. The Morgan fingerprint density at radius 2 is 1.60 bits per heavy atom. The van der Waals surface area contributed by atoms with Gasteiger partial charge in [-0.1, -0.05) is 67.6 Å². The number of Topliss-reactive ketones (excluding diaryl/α,β-unsaturated/α-hetero) is 1. The second kappa shape index (κ2) is 11.1. The molecule has 1 unspecified atom stereocenters. The van der Waals surface area contributed by atoms with Gasteiger partial charge in [-0.05, 0) is 66.4 Å². The first kappa shape index (κ1) is 27.1. The number of hydrogen-bond acceptors (Lipinski definition) is 4. The number of aromatic nitrogens is 1. The van der Waals surface area contributed by atoms with Crippen molar-refractivity contribution in [2.45, 2.75) is 32.9 Å². The van der Waals surface area contributed by atoms with Gasteiger partial charge in [-0.3, -0.25) is 14.5 Å². The van der Waals surface area contributed by atoms with Crippen molar-refractivity contribution in [3.05, 3.63) is 137 Å². The van der Waals surface area contributed by atoms with Gasteiger partial charge in [-0.2, -0.15) is 0 Å². The lowest BCUT2D eigenvalue weighted by Crippen LogP contribution is -2.29. The smallest absolute Gasteiger partial charge is 0.300 e. The highest BCUT2D eigenvalue weighted by molar-refractivity contribution is 6.51. The van der Waals surface area contributed by atoms with Gasteiger partial charge in [-0.15, -0.1) is 0 Å². The lowest BCUT2D eigenvalue weighted by molar-refractivity contribution is -0.132. The number of fused-ring (bicyclic) bond motifs is 1. The Morgan fingerprint density at radius 3 is 2.31 bits per heavy atom. The van der Waals surface area contributed by atoms with Crippen LogP contribution >= 0.6 is 0 Å². The minimum Gasteiger partial charge on any atom is -0.507 e. The van der Waals surface area contributed by atoms with Crippen LogP contribution in [-0.2, 0) is 29.7 Å². The summed E-state index contributed by atoms with van der Waals surface area (Å²) in [6.45, 7) is 4.38. The van der Waals surface area contributed by atoms with E-state index in [1.54, 1.807) is 18.2 Å². The van der Waals surface area contributed by atoms with E-state index in [9.17, 15) is 14.7 Å². The first-order valence-corrected chi connectivity index (χ1v) is 14.1. The molecule has 0 bridgehead atoms. The van der Waals surface area contributed by atoms with Crippen molar-refractivity contribution in [2.24, 2.45) is 7.05 Å². The summed E-state index contributed by atoms with van der Waals surface area (Å²) in [6, 6.07) is 29.9. The lowest BCUT2D eigenvalue weighted by Gasteiger charge is -2.25. The van der Waals surface area contributed by atoms with Gasteiger partial charge in [-0.25, -0.2) is 0 Å². The first-order chi connectivity index (χ1) is 20.4. The van der Waals surface area contributed by atoms with Crippen LogP contribution in [0.2, 0.25) is 0 Å². The highest BCUT2D eigenvalue weighted by atomic mass is 16.5. The van der Waals surface area contributed by atoms with E-state index in [1.807, 2.05) is 104 Å². The molecule has 1 aliphatic rings. The number of carbonyl (C=O) groups excluding carboxylic acids is 2. The Bertz CT molecular complexity index is 1830. The van der Waals surface area contributed by atoms with Crippen molar-refractivity contribution < 1.29 is 19.4 Å². The zero-order valence-corrected chi connectivity index (χ0v) is 23.9. The first-order valence-electron chi connectivity index (χ1n) is 14.1. The van der Waals surface area contributed by atoms with Crippen LogP contribution in [-0.4, -0.2) is 21.4 Å². The van der Waals surface area contributed by atoms with Crippen LogP contribution in [0.3, 0.4) is 0 Å². The van der Waals surface area contributed by atoms with Gasteiger partial charge in [0.25, 0.3) is 11.7 Å². The van der Waals surface area contributed by atoms with E-state index in [1.165, 1.54) is 4.90 Å². The van der Waals surface area contributed by atoms with Gasteiger partial charge in [0, 0.05) is 41.0 Å². The van der Waals surface area contributed by atoms with Crippen molar-refractivity contribution >= 4 is 34.0 Å². The predicted molar refractivity (Wildman–Crippen MR) is 165 cm³/mol. The SMILES string of the molecule is CCc1ccc(N2C(=O)C(=O)/C(=C(/O)c3ccc(OCc4ccccc4)c(C)c3)C2c2cn(C)c3ccccc23)cc1. The monoisotopic (exact) mass is 556 g/mol. The largest absolute Gasteiger partial charge is 0.507 e. The summed E-state index contributed by atoms with van der Waals surface area (Å²) in [5.74, 6) is -0.917. The lowest BCUT2D eigenvalue weighted by atomic mass is 9.94. The average Bonchev–Trinajstić information content (AvgIpc) is 3.49. The summed E-state index contributed by atoms with van der Waals surface area (Å²) in [5.41, 5.74) is 5.84. The second-order valence-corrected chi connectivity index (χ2v) is 10.7. The molecule has 42 heavy (non-hydrogen) atoms. The van der Waals surface area contributed by atoms with E-state index in [4.69, 9.17) is 4.74 Å². The molecule has 1 aromatic heterocycles. The number of carbonyl (C=O) groups is 2. The summed E-state index contributed by atoms with van der Waals surface area (Å²) in [6.07, 6.45) is 2.80. The number of ether oxygens (including phenoxy) is 1. The van der Waals surface area contributed by atoms with Crippen LogP contribution < -0.4 is 9.64 Å². The third-order valence-electron chi connectivity index (χ3n) is 7.98. The second-order valence-electron chi connectivity index (χ2n) is 10.7. The zero-order valence-electron chi connectivity index (χ0n) is 23.9. The minimum atomic E-state index is -0.808.